The number of nitrogens with zero attached hydrogens (tertiary/aromatic N) is 3. The largest absolute Gasteiger partial charge is 0.497 e. The maximum atomic E-state index is 13.5. The normalized spacial score (nSPS) is 20.4. The minimum atomic E-state index is 0.0694. The number of hydrogen-bond acceptors (Lipinski definition) is 4. The van der Waals surface area contributed by atoms with Crippen molar-refractivity contribution in [2.75, 3.05) is 20.2 Å². The molecule has 1 saturated heterocycles. The number of aromatic nitrogens is 2. The van der Waals surface area contributed by atoms with Gasteiger partial charge < -0.3 is 19.5 Å². The van der Waals surface area contributed by atoms with Crippen molar-refractivity contribution in [1.82, 2.24) is 19.8 Å². The van der Waals surface area contributed by atoms with Crippen LogP contribution in [0, 0.1) is 5.41 Å². The van der Waals surface area contributed by atoms with Crippen molar-refractivity contribution in [2.24, 2.45) is 5.41 Å². The lowest BCUT2D eigenvalue weighted by atomic mass is 9.93. The molecule has 1 unspecified atom stereocenters. The predicted octanol–water partition coefficient (Wildman–Crippen LogP) is 2.70. The maximum absolute atomic E-state index is 13.5. The Balaban J connectivity index is 1.62. The van der Waals surface area contributed by atoms with Gasteiger partial charge in [0.15, 0.2) is 0 Å². The van der Waals surface area contributed by atoms with E-state index in [-0.39, 0.29) is 11.3 Å². The first-order valence-electron chi connectivity index (χ1n) is 9.82. The molecule has 2 aromatic rings. The molecule has 1 spiro atoms. The third-order valence-corrected chi connectivity index (χ3v) is 6.15. The van der Waals surface area contributed by atoms with Crippen molar-refractivity contribution in [1.29, 1.82) is 0 Å². The molecule has 2 aliphatic rings. The number of imidazole rings is 1. The van der Waals surface area contributed by atoms with Gasteiger partial charge in [-0.1, -0.05) is 6.07 Å². The molecule has 6 heteroatoms. The van der Waals surface area contributed by atoms with Crippen molar-refractivity contribution in [2.45, 2.75) is 45.3 Å². The maximum Gasteiger partial charge on any atom is 0.254 e. The first-order chi connectivity index (χ1) is 13.2. The Hall–Kier alpha value is -2.34. The zero-order chi connectivity index (χ0) is 18.9. The molecule has 2 fully saturated rings. The van der Waals surface area contributed by atoms with Crippen LogP contribution in [0.1, 0.15) is 42.4 Å². The van der Waals surface area contributed by atoms with Crippen LogP contribution in [0.2, 0.25) is 0 Å². The molecule has 2 heterocycles. The van der Waals surface area contributed by atoms with Crippen molar-refractivity contribution in [3.8, 4) is 5.75 Å². The van der Waals surface area contributed by atoms with Gasteiger partial charge >= 0.3 is 0 Å². The molecular weight excluding hydrogens is 340 g/mol. The lowest BCUT2D eigenvalue weighted by Crippen LogP contribution is -2.39. The Morgan fingerprint density at radius 3 is 2.96 bits per heavy atom. The number of amides is 1. The fourth-order valence-electron chi connectivity index (χ4n) is 4.41. The standard InChI is InChI=1S/C21H28N4O2/c1-3-24-12-11-23-19(24)15-25(18-14-21(18)7-9-22-10-8-21)20(26)16-5-4-6-17(13-16)27-2/h4-6,11-13,18,22H,3,7-10,14-15H2,1-2H3. The van der Waals surface area contributed by atoms with Gasteiger partial charge in [-0.25, -0.2) is 4.98 Å². The van der Waals surface area contributed by atoms with Gasteiger partial charge in [-0.3, -0.25) is 4.79 Å². The van der Waals surface area contributed by atoms with E-state index in [1.165, 1.54) is 0 Å². The lowest BCUT2D eigenvalue weighted by molar-refractivity contribution is 0.0684. The molecule has 1 aliphatic heterocycles. The second-order valence-corrected chi connectivity index (χ2v) is 7.63. The topological polar surface area (TPSA) is 59.4 Å². The van der Waals surface area contributed by atoms with E-state index in [2.05, 4.69) is 26.7 Å². The smallest absolute Gasteiger partial charge is 0.254 e. The molecule has 144 valence electrons. The van der Waals surface area contributed by atoms with Crippen LogP contribution in [0.5, 0.6) is 5.75 Å². The van der Waals surface area contributed by atoms with Gasteiger partial charge in [0.1, 0.15) is 11.6 Å². The summed E-state index contributed by atoms with van der Waals surface area (Å²) in [5.74, 6) is 1.73. The Bertz CT molecular complexity index is 810. The van der Waals surface area contributed by atoms with Crippen LogP contribution < -0.4 is 10.1 Å². The summed E-state index contributed by atoms with van der Waals surface area (Å²) in [6.45, 7) is 5.60. The van der Waals surface area contributed by atoms with Crippen LogP contribution in [-0.4, -0.2) is 46.6 Å². The zero-order valence-electron chi connectivity index (χ0n) is 16.1. The Morgan fingerprint density at radius 2 is 2.22 bits per heavy atom. The van der Waals surface area contributed by atoms with Crippen molar-refractivity contribution in [3.05, 3.63) is 48.0 Å². The summed E-state index contributed by atoms with van der Waals surface area (Å²) in [4.78, 5) is 20.0. The first-order valence-corrected chi connectivity index (χ1v) is 9.82. The molecule has 1 saturated carbocycles. The summed E-state index contributed by atoms with van der Waals surface area (Å²) in [5.41, 5.74) is 0.962. The Kier molecular flexibility index (Phi) is 4.91. The number of benzene rings is 1. The number of hydrogen-bond donors (Lipinski definition) is 1. The van der Waals surface area contributed by atoms with E-state index in [1.807, 2.05) is 36.7 Å². The summed E-state index contributed by atoms with van der Waals surface area (Å²) in [7, 11) is 1.63. The Labute approximate surface area is 160 Å². The number of carbonyl (C=O) groups is 1. The first kappa shape index (κ1) is 18.0. The fraction of sp³-hybridized carbons (Fsp3) is 0.524. The van der Waals surface area contributed by atoms with E-state index in [4.69, 9.17) is 4.74 Å². The lowest BCUT2D eigenvalue weighted by Gasteiger charge is -2.29. The van der Waals surface area contributed by atoms with E-state index in [0.717, 1.165) is 44.7 Å². The highest BCUT2D eigenvalue weighted by Gasteiger charge is 2.57. The third-order valence-electron chi connectivity index (χ3n) is 6.15. The number of piperidine rings is 1. The number of rotatable bonds is 6. The SMILES string of the molecule is CCn1ccnc1CN(C(=O)c1cccc(OC)c1)C1CC12CCNCC2. The molecule has 1 aromatic carbocycles. The molecule has 0 radical (unpaired) electrons. The molecule has 1 amide bonds. The van der Waals surface area contributed by atoms with Crippen LogP contribution in [0.3, 0.4) is 0 Å². The predicted molar refractivity (Wildman–Crippen MR) is 104 cm³/mol. The summed E-state index contributed by atoms with van der Waals surface area (Å²) in [6, 6.07) is 7.75. The van der Waals surface area contributed by atoms with Gasteiger partial charge in [0.2, 0.25) is 0 Å². The van der Waals surface area contributed by atoms with Crippen LogP contribution >= 0.6 is 0 Å². The van der Waals surface area contributed by atoms with Crippen molar-refractivity contribution < 1.29 is 9.53 Å². The zero-order valence-corrected chi connectivity index (χ0v) is 16.1. The van der Waals surface area contributed by atoms with Gasteiger partial charge in [0.05, 0.1) is 13.7 Å². The summed E-state index contributed by atoms with van der Waals surface area (Å²) >= 11 is 0. The minimum absolute atomic E-state index is 0.0694. The van der Waals surface area contributed by atoms with Crippen LogP contribution in [0.25, 0.3) is 0 Å². The monoisotopic (exact) mass is 368 g/mol. The van der Waals surface area contributed by atoms with Crippen LogP contribution in [-0.2, 0) is 13.1 Å². The number of ether oxygens (including phenoxy) is 1. The number of methoxy groups -OCH3 is 1. The van der Waals surface area contributed by atoms with E-state index in [9.17, 15) is 4.79 Å². The molecule has 27 heavy (non-hydrogen) atoms. The van der Waals surface area contributed by atoms with Crippen molar-refractivity contribution >= 4 is 5.91 Å². The summed E-state index contributed by atoms with van der Waals surface area (Å²) < 4.78 is 7.43. The average molecular weight is 368 g/mol. The number of nitrogens with one attached hydrogen (secondary N) is 1. The van der Waals surface area contributed by atoms with Gasteiger partial charge in [0, 0.05) is 30.5 Å². The molecule has 0 bridgehead atoms. The molecule has 6 nitrogen and oxygen atoms in total. The summed E-state index contributed by atoms with van der Waals surface area (Å²) in [5, 5.41) is 3.44. The van der Waals surface area contributed by atoms with Gasteiger partial charge in [-0.15, -0.1) is 0 Å². The van der Waals surface area contributed by atoms with E-state index in [1.54, 1.807) is 7.11 Å². The molecule has 4 rings (SSSR count). The van der Waals surface area contributed by atoms with Gasteiger partial charge in [-0.2, -0.15) is 0 Å². The van der Waals surface area contributed by atoms with Crippen LogP contribution in [0.15, 0.2) is 36.7 Å². The summed E-state index contributed by atoms with van der Waals surface area (Å²) in [6.07, 6.45) is 7.18. The van der Waals surface area contributed by atoms with E-state index < -0.39 is 0 Å². The van der Waals surface area contributed by atoms with E-state index >= 15 is 0 Å². The number of carbonyl (C=O) groups excluding carboxylic acids is 1. The molecule has 1 aliphatic carbocycles. The van der Waals surface area contributed by atoms with Gasteiger partial charge in [-0.05, 0) is 62.9 Å². The van der Waals surface area contributed by atoms with Crippen molar-refractivity contribution in [3.63, 3.8) is 0 Å². The molecule has 1 atom stereocenters. The second-order valence-electron chi connectivity index (χ2n) is 7.63. The highest BCUT2D eigenvalue weighted by Crippen LogP contribution is 2.56. The molecule has 1 aromatic heterocycles. The minimum Gasteiger partial charge on any atom is -0.497 e. The Morgan fingerprint density at radius 1 is 1.41 bits per heavy atom. The quantitative estimate of drug-likeness (QED) is 0.852. The molecular formula is C21H28N4O2. The average Bonchev–Trinajstić information content (AvgIpc) is 3.19. The fourth-order valence-corrected chi connectivity index (χ4v) is 4.41. The highest BCUT2D eigenvalue weighted by molar-refractivity contribution is 5.95. The molecule has 1 N–H and O–H groups in total. The second kappa shape index (κ2) is 7.35. The highest BCUT2D eigenvalue weighted by atomic mass is 16.5. The van der Waals surface area contributed by atoms with Crippen LogP contribution in [0.4, 0.5) is 0 Å². The number of aryl methyl sites for hydroxylation is 1. The van der Waals surface area contributed by atoms with Gasteiger partial charge in [0.25, 0.3) is 5.91 Å². The van der Waals surface area contributed by atoms with E-state index in [0.29, 0.717) is 23.9 Å². The third kappa shape index (κ3) is 3.46.